The minimum Gasteiger partial charge on any atom is -0.389 e. The maximum Gasteiger partial charge on any atom is 0.0282 e. The molecule has 1 aliphatic rings. The van der Waals surface area contributed by atoms with Gasteiger partial charge in [0.1, 0.15) is 0 Å². The highest BCUT2D eigenvalue weighted by molar-refractivity contribution is 5.14. The molecule has 1 saturated heterocycles. The summed E-state index contributed by atoms with van der Waals surface area (Å²) in [7, 11) is 0. The van der Waals surface area contributed by atoms with E-state index in [0.717, 1.165) is 18.9 Å². The molecule has 1 heterocycles. The molecule has 3 unspecified atom stereocenters. The zero-order valence-corrected chi connectivity index (χ0v) is 14.0. The largest absolute Gasteiger partial charge is 0.389 e. The Hall–Kier alpha value is -0.760. The summed E-state index contributed by atoms with van der Waals surface area (Å²) >= 11 is 0. The third kappa shape index (κ3) is 4.66. The Morgan fingerprint density at radius 2 is 2.20 bits per heavy atom. The Bertz CT molecular complexity index is 334. The quantitative estimate of drug-likeness (QED) is 0.643. The van der Waals surface area contributed by atoms with Gasteiger partial charge in [-0.25, -0.2) is 0 Å². The molecular formula is C18H34N2. The van der Waals surface area contributed by atoms with Crippen LogP contribution in [-0.4, -0.2) is 18.1 Å². The second-order valence-corrected chi connectivity index (χ2v) is 6.61. The van der Waals surface area contributed by atoms with E-state index in [-0.39, 0.29) is 5.54 Å². The lowest BCUT2D eigenvalue weighted by Gasteiger charge is -2.45. The van der Waals surface area contributed by atoms with E-state index in [0.29, 0.717) is 6.04 Å². The van der Waals surface area contributed by atoms with Crippen molar-refractivity contribution < 1.29 is 0 Å². The van der Waals surface area contributed by atoms with Gasteiger partial charge >= 0.3 is 0 Å². The second kappa shape index (κ2) is 7.87. The maximum absolute atomic E-state index is 4.28. The van der Waals surface area contributed by atoms with Gasteiger partial charge in [-0.05, 0) is 51.9 Å². The molecule has 0 amide bonds. The first-order valence-electron chi connectivity index (χ1n) is 8.30. The number of hydrogen-bond acceptors (Lipinski definition) is 2. The van der Waals surface area contributed by atoms with Crippen molar-refractivity contribution in [2.75, 3.05) is 6.54 Å². The molecule has 20 heavy (non-hydrogen) atoms. The fourth-order valence-corrected chi connectivity index (χ4v) is 3.14. The van der Waals surface area contributed by atoms with Gasteiger partial charge in [-0.15, -0.1) is 0 Å². The fourth-order valence-electron chi connectivity index (χ4n) is 3.14. The molecule has 0 aliphatic carbocycles. The molecule has 2 nitrogen and oxygen atoms in total. The van der Waals surface area contributed by atoms with Gasteiger partial charge in [-0.2, -0.15) is 0 Å². The predicted octanol–water partition coefficient (Wildman–Crippen LogP) is 4.39. The van der Waals surface area contributed by atoms with Crippen LogP contribution < -0.4 is 10.6 Å². The number of rotatable bonds is 8. The first-order valence-corrected chi connectivity index (χ1v) is 8.30. The summed E-state index contributed by atoms with van der Waals surface area (Å²) in [6, 6.07) is 0.483. The fraction of sp³-hybridized carbons (Fsp3) is 0.778. The van der Waals surface area contributed by atoms with Crippen molar-refractivity contribution in [2.24, 2.45) is 5.92 Å². The molecule has 3 atom stereocenters. The molecule has 1 fully saturated rings. The molecule has 0 bridgehead atoms. The van der Waals surface area contributed by atoms with E-state index in [9.17, 15) is 0 Å². The first-order chi connectivity index (χ1) is 9.42. The van der Waals surface area contributed by atoms with Crippen molar-refractivity contribution in [3.05, 3.63) is 24.4 Å². The van der Waals surface area contributed by atoms with Crippen LogP contribution in [0, 0.1) is 5.92 Å². The van der Waals surface area contributed by atoms with Crippen LogP contribution in [-0.2, 0) is 0 Å². The molecule has 1 aliphatic heterocycles. The van der Waals surface area contributed by atoms with Crippen molar-refractivity contribution in [2.45, 2.75) is 77.8 Å². The van der Waals surface area contributed by atoms with Crippen molar-refractivity contribution in [3.8, 4) is 0 Å². The SMILES string of the molecule is C=C(CCCC1NC(C)(C(C)CC)CCC1=C)NCC. The van der Waals surface area contributed by atoms with Crippen molar-refractivity contribution >= 4 is 0 Å². The highest BCUT2D eigenvalue weighted by Gasteiger charge is 2.36. The lowest BCUT2D eigenvalue weighted by molar-refractivity contribution is 0.178. The van der Waals surface area contributed by atoms with Crippen LogP contribution in [0.2, 0.25) is 0 Å². The highest BCUT2D eigenvalue weighted by atomic mass is 15.0. The van der Waals surface area contributed by atoms with Crippen molar-refractivity contribution in [1.29, 1.82) is 0 Å². The summed E-state index contributed by atoms with van der Waals surface area (Å²) in [5, 5.41) is 7.19. The van der Waals surface area contributed by atoms with E-state index in [4.69, 9.17) is 0 Å². The maximum atomic E-state index is 4.28. The highest BCUT2D eigenvalue weighted by Crippen LogP contribution is 2.34. The van der Waals surface area contributed by atoms with Crippen LogP contribution in [0.25, 0.3) is 0 Å². The van der Waals surface area contributed by atoms with Crippen molar-refractivity contribution in [3.63, 3.8) is 0 Å². The third-order valence-corrected chi connectivity index (χ3v) is 5.06. The first kappa shape index (κ1) is 17.3. The molecular weight excluding hydrogens is 244 g/mol. The number of hydrogen-bond donors (Lipinski definition) is 2. The summed E-state index contributed by atoms with van der Waals surface area (Å²) in [4.78, 5) is 0. The zero-order valence-electron chi connectivity index (χ0n) is 14.0. The van der Waals surface area contributed by atoms with E-state index in [1.54, 1.807) is 0 Å². The zero-order chi connectivity index (χ0) is 15.2. The molecule has 2 N–H and O–H groups in total. The van der Waals surface area contributed by atoms with Crippen LogP contribution in [0.1, 0.15) is 66.2 Å². The average molecular weight is 278 g/mol. The van der Waals surface area contributed by atoms with Crippen LogP contribution >= 0.6 is 0 Å². The number of allylic oxidation sites excluding steroid dienone is 1. The third-order valence-electron chi connectivity index (χ3n) is 5.06. The molecule has 116 valence electrons. The summed E-state index contributed by atoms with van der Waals surface area (Å²) in [6.45, 7) is 18.5. The molecule has 0 aromatic carbocycles. The van der Waals surface area contributed by atoms with Crippen molar-refractivity contribution in [1.82, 2.24) is 10.6 Å². The Balaban J connectivity index is 2.47. The minimum absolute atomic E-state index is 0.277. The van der Waals surface area contributed by atoms with E-state index in [1.165, 1.54) is 43.4 Å². The van der Waals surface area contributed by atoms with Gasteiger partial charge in [0.15, 0.2) is 0 Å². The Labute approximate surface area is 126 Å². The van der Waals surface area contributed by atoms with Gasteiger partial charge in [0.05, 0.1) is 0 Å². The van der Waals surface area contributed by atoms with Gasteiger partial charge in [0, 0.05) is 23.8 Å². The monoisotopic (exact) mass is 278 g/mol. The smallest absolute Gasteiger partial charge is 0.0282 e. The van der Waals surface area contributed by atoms with Crippen LogP contribution in [0.4, 0.5) is 0 Å². The van der Waals surface area contributed by atoms with Gasteiger partial charge in [0.25, 0.3) is 0 Å². The molecule has 0 aromatic rings. The predicted molar refractivity (Wildman–Crippen MR) is 89.8 cm³/mol. The molecule has 0 aromatic heterocycles. The van der Waals surface area contributed by atoms with E-state index >= 15 is 0 Å². The van der Waals surface area contributed by atoms with E-state index in [1.807, 2.05) is 0 Å². The topological polar surface area (TPSA) is 24.1 Å². The Morgan fingerprint density at radius 3 is 2.80 bits per heavy atom. The van der Waals surface area contributed by atoms with Gasteiger partial charge < -0.3 is 10.6 Å². The summed E-state index contributed by atoms with van der Waals surface area (Å²) in [6.07, 6.45) is 7.06. The summed E-state index contributed by atoms with van der Waals surface area (Å²) in [5.74, 6) is 0.717. The Kier molecular flexibility index (Phi) is 6.81. The summed E-state index contributed by atoms with van der Waals surface area (Å²) < 4.78 is 0. The normalized spacial score (nSPS) is 28.2. The number of piperidine rings is 1. The summed E-state index contributed by atoms with van der Waals surface area (Å²) in [5.41, 5.74) is 2.83. The lowest BCUT2D eigenvalue weighted by Crippen LogP contribution is -2.55. The molecule has 0 saturated carbocycles. The van der Waals surface area contributed by atoms with Crippen LogP contribution in [0.3, 0.4) is 0 Å². The van der Waals surface area contributed by atoms with E-state index < -0.39 is 0 Å². The molecule has 0 spiro atoms. The molecule has 2 heteroatoms. The van der Waals surface area contributed by atoms with Crippen LogP contribution in [0.5, 0.6) is 0 Å². The molecule has 0 radical (unpaired) electrons. The standard InChI is InChI=1S/C18H34N2/c1-7-15(4)18(6)13-12-14(3)17(20-18)11-9-10-16(5)19-8-2/h15,17,19-20H,3,5,7-13H2,1-2,4,6H3. The van der Waals surface area contributed by atoms with Gasteiger partial charge in [0.2, 0.25) is 0 Å². The minimum atomic E-state index is 0.277. The number of nitrogens with one attached hydrogen (secondary N) is 2. The Morgan fingerprint density at radius 1 is 1.50 bits per heavy atom. The van der Waals surface area contributed by atoms with Crippen LogP contribution in [0.15, 0.2) is 24.4 Å². The lowest BCUT2D eigenvalue weighted by atomic mass is 9.75. The average Bonchev–Trinajstić information content (AvgIpc) is 2.42. The van der Waals surface area contributed by atoms with E-state index in [2.05, 4.69) is 51.5 Å². The second-order valence-electron chi connectivity index (χ2n) is 6.61. The van der Waals surface area contributed by atoms with Gasteiger partial charge in [-0.1, -0.05) is 39.0 Å². The van der Waals surface area contributed by atoms with Gasteiger partial charge in [-0.3, -0.25) is 0 Å². The molecule has 1 rings (SSSR count).